The van der Waals surface area contributed by atoms with Crippen LogP contribution in [0.25, 0.3) is 0 Å². The van der Waals surface area contributed by atoms with Gasteiger partial charge in [0.1, 0.15) is 0 Å². The molecule has 0 radical (unpaired) electrons. The second kappa shape index (κ2) is 5.30. The van der Waals surface area contributed by atoms with E-state index >= 15 is 0 Å². The van der Waals surface area contributed by atoms with Crippen molar-refractivity contribution in [3.63, 3.8) is 0 Å². The van der Waals surface area contributed by atoms with Crippen LogP contribution in [0.2, 0.25) is 0 Å². The van der Waals surface area contributed by atoms with Gasteiger partial charge < -0.3 is 5.11 Å². The van der Waals surface area contributed by atoms with Crippen LogP contribution in [0.1, 0.15) is 58.8 Å². The summed E-state index contributed by atoms with van der Waals surface area (Å²) in [6, 6.07) is 0. The lowest BCUT2D eigenvalue weighted by Gasteiger charge is -2.41. The van der Waals surface area contributed by atoms with Gasteiger partial charge >= 0.3 is 0 Å². The number of hydrogen-bond donors (Lipinski definition) is 1. The van der Waals surface area contributed by atoms with Crippen LogP contribution >= 0.6 is 11.8 Å². The van der Waals surface area contributed by atoms with Crippen LogP contribution in [0.5, 0.6) is 0 Å². The van der Waals surface area contributed by atoms with Crippen molar-refractivity contribution in [2.24, 2.45) is 11.8 Å². The summed E-state index contributed by atoms with van der Waals surface area (Å²) >= 11 is 2.01. The molecule has 1 aliphatic heterocycles. The number of rotatable bonds is 3. The Bertz CT molecular complexity index is 223. The van der Waals surface area contributed by atoms with Gasteiger partial charge in [0.05, 0.1) is 6.10 Å². The van der Waals surface area contributed by atoms with Crippen LogP contribution in [-0.4, -0.2) is 21.7 Å². The maximum Gasteiger partial charge on any atom is 0.0714 e. The molecule has 1 heterocycles. The summed E-state index contributed by atoms with van der Waals surface area (Å²) in [5.41, 5.74) is 0. The van der Waals surface area contributed by atoms with Crippen molar-refractivity contribution in [3.8, 4) is 0 Å². The Morgan fingerprint density at radius 2 is 2.06 bits per heavy atom. The van der Waals surface area contributed by atoms with Crippen molar-refractivity contribution in [2.45, 2.75) is 69.6 Å². The van der Waals surface area contributed by atoms with Gasteiger partial charge in [-0.3, -0.25) is 0 Å². The Balaban J connectivity index is 2.03. The van der Waals surface area contributed by atoms with E-state index in [1.165, 1.54) is 50.7 Å². The van der Waals surface area contributed by atoms with Gasteiger partial charge in [-0.2, -0.15) is 11.8 Å². The molecule has 2 rings (SSSR count). The third-order valence-corrected chi connectivity index (χ3v) is 6.37. The molecule has 1 N–H and O–H groups in total. The second-order valence-electron chi connectivity index (χ2n) is 5.83. The molecule has 1 aliphatic carbocycles. The van der Waals surface area contributed by atoms with Gasteiger partial charge in [0, 0.05) is 4.75 Å². The van der Waals surface area contributed by atoms with Gasteiger partial charge in [-0.25, -0.2) is 0 Å². The summed E-state index contributed by atoms with van der Waals surface area (Å²) in [5, 5.41) is 10.7. The van der Waals surface area contributed by atoms with Crippen LogP contribution in [0.15, 0.2) is 0 Å². The molecule has 1 saturated carbocycles. The van der Waals surface area contributed by atoms with Crippen molar-refractivity contribution < 1.29 is 5.11 Å². The monoisotopic (exact) mass is 242 g/mol. The van der Waals surface area contributed by atoms with E-state index in [0.717, 1.165) is 5.92 Å². The number of aliphatic hydroxyl groups is 1. The average molecular weight is 242 g/mol. The molecule has 0 aromatic carbocycles. The topological polar surface area (TPSA) is 20.2 Å². The van der Waals surface area contributed by atoms with Crippen LogP contribution in [-0.2, 0) is 0 Å². The summed E-state index contributed by atoms with van der Waals surface area (Å²) in [6.45, 7) is 4.58. The summed E-state index contributed by atoms with van der Waals surface area (Å²) in [4.78, 5) is 0. The molecule has 4 unspecified atom stereocenters. The number of thioether (sulfide) groups is 1. The number of aliphatic hydroxyl groups excluding tert-OH is 1. The summed E-state index contributed by atoms with van der Waals surface area (Å²) in [5.74, 6) is 2.60. The molecule has 0 bridgehead atoms. The molecule has 1 nitrogen and oxygen atoms in total. The Hall–Kier alpha value is 0.310. The van der Waals surface area contributed by atoms with Gasteiger partial charge in [0.25, 0.3) is 0 Å². The lowest BCUT2D eigenvalue weighted by atomic mass is 9.71. The molecule has 0 amide bonds. The zero-order chi connectivity index (χ0) is 11.6. The highest BCUT2D eigenvalue weighted by molar-refractivity contribution is 8.00. The first-order chi connectivity index (χ1) is 7.67. The van der Waals surface area contributed by atoms with Crippen LogP contribution in [0, 0.1) is 11.8 Å². The molecule has 2 aliphatic rings. The van der Waals surface area contributed by atoms with E-state index in [-0.39, 0.29) is 10.9 Å². The van der Waals surface area contributed by atoms with E-state index in [4.69, 9.17) is 0 Å². The fourth-order valence-electron chi connectivity index (χ4n) is 3.65. The molecular formula is C14H26OS. The maximum atomic E-state index is 10.7. The van der Waals surface area contributed by atoms with Crippen molar-refractivity contribution in [3.05, 3.63) is 0 Å². The zero-order valence-electron chi connectivity index (χ0n) is 10.7. The van der Waals surface area contributed by atoms with Crippen LogP contribution in [0.4, 0.5) is 0 Å². The molecule has 4 atom stereocenters. The van der Waals surface area contributed by atoms with Gasteiger partial charge in [-0.15, -0.1) is 0 Å². The van der Waals surface area contributed by atoms with Gasteiger partial charge in [0.2, 0.25) is 0 Å². The molecule has 2 heteroatoms. The lowest BCUT2D eigenvalue weighted by Crippen LogP contribution is -2.43. The number of hydrogen-bond acceptors (Lipinski definition) is 2. The third-order valence-electron chi connectivity index (χ3n) is 4.77. The predicted octanol–water partition coefficient (Wildman–Crippen LogP) is 3.85. The van der Waals surface area contributed by atoms with E-state index in [9.17, 15) is 5.11 Å². The van der Waals surface area contributed by atoms with Crippen molar-refractivity contribution in [1.29, 1.82) is 0 Å². The molecular weight excluding hydrogens is 216 g/mol. The van der Waals surface area contributed by atoms with Crippen LogP contribution < -0.4 is 0 Å². The minimum Gasteiger partial charge on any atom is -0.391 e. The molecule has 16 heavy (non-hydrogen) atoms. The Morgan fingerprint density at radius 3 is 2.69 bits per heavy atom. The molecule has 1 saturated heterocycles. The fourth-order valence-corrected chi connectivity index (χ4v) is 5.03. The highest BCUT2D eigenvalue weighted by Crippen LogP contribution is 2.47. The van der Waals surface area contributed by atoms with Crippen molar-refractivity contribution in [2.75, 3.05) is 5.75 Å². The summed E-state index contributed by atoms with van der Waals surface area (Å²) < 4.78 is 0.162. The van der Waals surface area contributed by atoms with E-state index in [0.29, 0.717) is 5.92 Å². The van der Waals surface area contributed by atoms with E-state index in [1.807, 2.05) is 11.8 Å². The van der Waals surface area contributed by atoms with E-state index in [1.54, 1.807) is 0 Å². The highest BCUT2D eigenvalue weighted by Gasteiger charge is 2.43. The van der Waals surface area contributed by atoms with Crippen molar-refractivity contribution >= 4 is 11.8 Å². The smallest absolute Gasteiger partial charge is 0.0714 e. The zero-order valence-corrected chi connectivity index (χ0v) is 11.6. The molecule has 0 spiro atoms. The Morgan fingerprint density at radius 1 is 1.31 bits per heavy atom. The van der Waals surface area contributed by atoms with E-state index in [2.05, 4.69) is 13.8 Å². The second-order valence-corrected chi connectivity index (χ2v) is 7.46. The Kier molecular flexibility index (Phi) is 4.23. The quantitative estimate of drug-likeness (QED) is 0.811. The average Bonchev–Trinajstić information content (AvgIpc) is 2.76. The van der Waals surface area contributed by atoms with Gasteiger partial charge in [0.15, 0.2) is 0 Å². The molecule has 0 aromatic heterocycles. The summed E-state index contributed by atoms with van der Waals surface area (Å²) in [7, 11) is 0. The van der Waals surface area contributed by atoms with Crippen molar-refractivity contribution in [1.82, 2.24) is 0 Å². The normalized spacial score (nSPS) is 42.2. The Labute approximate surface area is 104 Å². The minimum atomic E-state index is -0.0646. The first-order valence-corrected chi connectivity index (χ1v) is 7.98. The standard InChI is InChI=1S/C14H26OS/c1-3-11-7-4-5-8-12(11)13(15)14(2)9-6-10-16-14/h11-13,15H,3-10H2,1-2H3. The molecule has 94 valence electrons. The fraction of sp³-hybridized carbons (Fsp3) is 1.00. The largest absolute Gasteiger partial charge is 0.391 e. The lowest BCUT2D eigenvalue weighted by molar-refractivity contribution is 0.0207. The SMILES string of the molecule is CCC1CCCCC1C(O)C1(C)CCCS1. The van der Waals surface area contributed by atoms with Gasteiger partial charge in [-0.05, 0) is 43.8 Å². The molecule has 0 aromatic rings. The minimum absolute atomic E-state index is 0.0646. The summed E-state index contributed by atoms with van der Waals surface area (Å²) in [6.07, 6.45) is 9.01. The maximum absolute atomic E-state index is 10.7. The third kappa shape index (κ3) is 2.43. The van der Waals surface area contributed by atoms with Gasteiger partial charge in [-0.1, -0.05) is 32.6 Å². The van der Waals surface area contributed by atoms with Crippen LogP contribution in [0.3, 0.4) is 0 Å². The first-order valence-electron chi connectivity index (χ1n) is 6.99. The van der Waals surface area contributed by atoms with E-state index < -0.39 is 0 Å². The highest BCUT2D eigenvalue weighted by atomic mass is 32.2. The molecule has 2 fully saturated rings. The first kappa shape index (κ1) is 12.8. The predicted molar refractivity (Wildman–Crippen MR) is 71.8 cm³/mol.